The van der Waals surface area contributed by atoms with Crippen LogP contribution >= 0.6 is 0 Å². The highest BCUT2D eigenvalue weighted by Gasteiger charge is 2.21. The van der Waals surface area contributed by atoms with Gasteiger partial charge in [-0.3, -0.25) is 0 Å². The number of hydrogen-bond donors (Lipinski definition) is 2. The van der Waals surface area contributed by atoms with Crippen molar-refractivity contribution in [3.63, 3.8) is 0 Å². The zero-order valence-corrected chi connectivity index (χ0v) is 13.2. The molecule has 0 amide bonds. The fraction of sp³-hybridized carbons (Fsp3) is 0.714. The molecule has 118 valence electrons. The lowest BCUT2D eigenvalue weighted by atomic mass is 10.2. The Morgan fingerprint density at radius 3 is 2.95 bits per heavy atom. The van der Waals surface area contributed by atoms with E-state index in [-0.39, 0.29) is 0 Å². The number of hydrazine groups is 1. The van der Waals surface area contributed by atoms with Gasteiger partial charge in [-0.25, -0.2) is 15.8 Å². The smallest absolute Gasteiger partial charge is 0.158 e. The van der Waals surface area contributed by atoms with Gasteiger partial charge in [0, 0.05) is 31.8 Å². The van der Waals surface area contributed by atoms with Crippen molar-refractivity contribution >= 4 is 11.6 Å². The number of nitrogens with one attached hydrogen (secondary N) is 1. The van der Waals surface area contributed by atoms with Gasteiger partial charge in [0.15, 0.2) is 5.82 Å². The highest BCUT2D eigenvalue weighted by atomic mass is 16.5. The monoisotopic (exact) mass is 294 g/mol. The van der Waals surface area contributed by atoms with E-state index in [0.717, 1.165) is 31.9 Å². The molecular formula is C14H26N6O. The molecule has 1 saturated heterocycles. The number of nitrogen functional groups attached to an aromatic ring is 1. The maximum absolute atomic E-state index is 5.53. The topological polar surface area (TPSA) is 79.5 Å². The molecule has 1 fully saturated rings. The van der Waals surface area contributed by atoms with Gasteiger partial charge in [-0.2, -0.15) is 0 Å². The van der Waals surface area contributed by atoms with Crippen molar-refractivity contribution in [2.75, 3.05) is 43.6 Å². The van der Waals surface area contributed by atoms with Gasteiger partial charge in [-0.05, 0) is 33.9 Å². The number of hydrogen-bond acceptors (Lipinski definition) is 7. The molecule has 0 aromatic carbocycles. The van der Waals surface area contributed by atoms with Crippen LogP contribution in [0, 0.1) is 0 Å². The van der Waals surface area contributed by atoms with Crippen molar-refractivity contribution in [1.82, 2.24) is 14.9 Å². The zero-order chi connectivity index (χ0) is 15.2. The van der Waals surface area contributed by atoms with E-state index in [1.54, 1.807) is 0 Å². The van der Waals surface area contributed by atoms with E-state index in [9.17, 15) is 0 Å². The number of aromatic nitrogens is 2. The van der Waals surface area contributed by atoms with E-state index in [2.05, 4.69) is 39.2 Å². The average Bonchev–Trinajstić information content (AvgIpc) is 2.65. The fourth-order valence-electron chi connectivity index (χ4n) is 2.67. The average molecular weight is 294 g/mol. The normalized spacial score (nSPS) is 20.4. The zero-order valence-electron chi connectivity index (χ0n) is 13.2. The van der Waals surface area contributed by atoms with Crippen LogP contribution in [0.1, 0.15) is 26.1 Å². The van der Waals surface area contributed by atoms with Crippen molar-refractivity contribution in [2.45, 2.75) is 32.9 Å². The van der Waals surface area contributed by atoms with E-state index < -0.39 is 0 Å². The third-order valence-electron chi connectivity index (χ3n) is 3.68. The highest BCUT2D eigenvalue weighted by Crippen LogP contribution is 2.21. The molecule has 0 spiro atoms. The summed E-state index contributed by atoms with van der Waals surface area (Å²) in [4.78, 5) is 13.7. The number of nitrogens with zero attached hydrogens (tertiary/aromatic N) is 4. The summed E-state index contributed by atoms with van der Waals surface area (Å²) in [5, 5.41) is 0. The van der Waals surface area contributed by atoms with Crippen molar-refractivity contribution in [1.29, 1.82) is 0 Å². The Kier molecular flexibility index (Phi) is 5.72. The maximum atomic E-state index is 5.53. The highest BCUT2D eigenvalue weighted by molar-refractivity contribution is 5.49. The van der Waals surface area contributed by atoms with Gasteiger partial charge < -0.3 is 20.0 Å². The Morgan fingerprint density at radius 1 is 1.43 bits per heavy atom. The van der Waals surface area contributed by atoms with Crippen LogP contribution in [0.2, 0.25) is 0 Å². The predicted octanol–water partition coefficient (Wildman–Crippen LogP) is 0.829. The molecule has 2 heterocycles. The number of rotatable bonds is 5. The molecule has 21 heavy (non-hydrogen) atoms. The van der Waals surface area contributed by atoms with Crippen LogP contribution in [-0.2, 0) is 11.3 Å². The van der Waals surface area contributed by atoms with Crippen molar-refractivity contribution in [2.24, 2.45) is 5.84 Å². The summed E-state index contributed by atoms with van der Waals surface area (Å²) in [5.41, 5.74) is 2.62. The maximum Gasteiger partial charge on any atom is 0.158 e. The predicted molar refractivity (Wildman–Crippen MR) is 84.1 cm³/mol. The standard InChI is InChI=1S/C14H26N6O/c1-4-21-10-13-16-12(18-15)8-14(17-13)20-7-5-6-19(3)9-11(20)2/h8,11H,4-7,9-10,15H2,1-3H3,(H,16,17,18). The second-order valence-corrected chi connectivity index (χ2v) is 5.47. The second kappa shape index (κ2) is 7.53. The van der Waals surface area contributed by atoms with Gasteiger partial charge >= 0.3 is 0 Å². The number of anilines is 2. The molecule has 7 heteroatoms. The van der Waals surface area contributed by atoms with Crippen LogP contribution in [0.25, 0.3) is 0 Å². The number of likely N-dealkylation sites (N-methyl/N-ethyl adjacent to an activating group) is 1. The van der Waals surface area contributed by atoms with E-state index >= 15 is 0 Å². The first-order valence-electron chi connectivity index (χ1n) is 7.51. The third kappa shape index (κ3) is 4.26. The minimum Gasteiger partial charge on any atom is -0.374 e. The molecule has 1 aromatic rings. The van der Waals surface area contributed by atoms with Crippen LogP contribution in [-0.4, -0.2) is 54.2 Å². The Hall–Kier alpha value is -1.44. The summed E-state index contributed by atoms with van der Waals surface area (Å²) in [6.07, 6.45) is 1.12. The molecule has 0 bridgehead atoms. The van der Waals surface area contributed by atoms with E-state index in [4.69, 9.17) is 10.6 Å². The Morgan fingerprint density at radius 2 is 2.24 bits per heavy atom. The summed E-state index contributed by atoms with van der Waals surface area (Å²) in [6, 6.07) is 2.30. The number of ether oxygens (including phenoxy) is 1. The SMILES string of the molecule is CCOCc1nc(NN)cc(N2CCCN(C)CC2C)n1. The van der Waals surface area contributed by atoms with E-state index in [1.165, 1.54) is 0 Å². The summed E-state index contributed by atoms with van der Waals surface area (Å²) in [7, 11) is 2.16. The summed E-state index contributed by atoms with van der Waals surface area (Å²) in [6.45, 7) is 8.35. The molecular weight excluding hydrogens is 268 g/mol. The summed E-state index contributed by atoms with van der Waals surface area (Å²) in [5.74, 6) is 7.72. The lowest BCUT2D eigenvalue weighted by Gasteiger charge is -2.29. The molecule has 1 atom stereocenters. The number of nitrogens with two attached hydrogens (primary N) is 1. The van der Waals surface area contributed by atoms with Crippen LogP contribution in [0.4, 0.5) is 11.6 Å². The first-order valence-corrected chi connectivity index (χ1v) is 7.51. The molecule has 7 nitrogen and oxygen atoms in total. The Balaban J connectivity index is 2.23. The van der Waals surface area contributed by atoms with Gasteiger partial charge in [0.2, 0.25) is 0 Å². The molecule has 1 unspecified atom stereocenters. The van der Waals surface area contributed by atoms with Crippen molar-refractivity contribution in [3.05, 3.63) is 11.9 Å². The first kappa shape index (κ1) is 15.9. The summed E-state index contributed by atoms with van der Waals surface area (Å²) < 4.78 is 5.41. The van der Waals surface area contributed by atoms with Crippen molar-refractivity contribution < 1.29 is 4.74 Å². The summed E-state index contributed by atoms with van der Waals surface area (Å²) >= 11 is 0. The molecule has 1 aliphatic rings. The molecule has 0 radical (unpaired) electrons. The fourth-order valence-corrected chi connectivity index (χ4v) is 2.67. The van der Waals surface area contributed by atoms with Gasteiger partial charge in [0.1, 0.15) is 18.2 Å². The van der Waals surface area contributed by atoms with Gasteiger partial charge in [-0.1, -0.05) is 0 Å². The molecule has 0 saturated carbocycles. The molecule has 2 rings (SSSR count). The van der Waals surface area contributed by atoms with Crippen LogP contribution < -0.4 is 16.2 Å². The van der Waals surface area contributed by atoms with Crippen LogP contribution in [0.3, 0.4) is 0 Å². The molecule has 0 aliphatic carbocycles. The largest absolute Gasteiger partial charge is 0.374 e. The molecule has 3 N–H and O–H groups in total. The van der Waals surface area contributed by atoms with E-state index in [1.807, 2.05) is 13.0 Å². The third-order valence-corrected chi connectivity index (χ3v) is 3.68. The quantitative estimate of drug-likeness (QED) is 0.615. The van der Waals surface area contributed by atoms with E-state index in [0.29, 0.717) is 30.9 Å². The lowest BCUT2D eigenvalue weighted by Crippen LogP contribution is -2.38. The van der Waals surface area contributed by atoms with Crippen LogP contribution in [0.5, 0.6) is 0 Å². The minimum absolute atomic E-state index is 0.401. The minimum atomic E-state index is 0.401. The first-order chi connectivity index (χ1) is 10.1. The Labute approximate surface area is 126 Å². The molecule has 1 aromatic heterocycles. The van der Waals surface area contributed by atoms with Gasteiger partial charge in [0.25, 0.3) is 0 Å². The van der Waals surface area contributed by atoms with Gasteiger partial charge in [-0.15, -0.1) is 0 Å². The second-order valence-electron chi connectivity index (χ2n) is 5.47. The lowest BCUT2D eigenvalue weighted by molar-refractivity contribution is 0.128. The Bertz CT molecular complexity index is 455. The van der Waals surface area contributed by atoms with Crippen LogP contribution in [0.15, 0.2) is 6.07 Å². The van der Waals surface area contributed by atoms with Crippen molar-refractivity contribution in [3.8, 4) is 0 Å². The molecule has 1 aliphatic heterocycles. The van der Waals surface area contributed by atoms with Gasteiger partial charge in [0.05, 0.1) is 0 Å².